The summed E-state index contributed by atoms with van der Waals surface area (Å²) in [5.41, 5.74) is 9.38. The molecule has 1 aromatic heterocycles. The third kappa shape index (κ3) is 3.14. The van der Waals surface area contributed by atoms with E-state index in [9.17, 15) is 0 Å². The molecule has 100 valence electrons. The summed E-state index contributed by atoms with van der Waals surface area (Å²) in [4.78, 5) is 6.57. The highest BCUT2D eigenvalue weighted by Crippen LogP contribution is 2.27. The van der Waals surface area contributed by atoms with Crippen molar-refractivity contribution >= 4 is 21.7 Å². The number of rotatable bonds is 4. The van der Waals surface area contributed by atoms with Gasteiger partial charge in [-0.2, -0.15) is 0 Å². The minimum atomic E-state index is 0.562. The fourth-order valence-electron chi connectivity index (χ4n) is 2.03. The summed E-state index contributed by atoms with van der Waals surface area (Å²) in [5, 5.41) is 0. The van der Waals surface area contributed by atoms with Gasteiger partial charge in [-0.15, -0.1) is 0 Å². The van der Waals surface area contributed by atoms with Crippen LogP contribution in [-0.4, -0.2) is 12.0 Å². The molecule has 19 heavy (non-hydrogen) atoms. The smallest absolute Gasteiger partial charge is 0.143 e. The second kappa shape index (κ2) is 6.17. The van der Waals surface area contributed by atoms with E-state index in [1.54, 1.807) is 0 Å². The lowest BCUT2D eigenvalue weighted by Gasteiger charge is -2.21. The van der Waals surface area contributed by atoms with Crippen molar-refractivity contribution in [2.24, 2.45) is 5.73 Å². The van der Waals surface area contributed by atoms with Gasteiger partial charge >= 0.3 is 0 Å². The molecule has 0 unspecified atom stereocenters. The van der Waals surface area contributed by atoms with Crippen molar-refractivity contribution in [2.45, 2.75) is 20.0 Å². The number of anilines is 1. The molecule has 0 aliphatic carbocycles. The van der Waals surface area contributed by atoms with Gasteiger partial charge in [-0.05, 0) is 45.6 Å². The van der Waals surface area contributed by atoms with Crippen molar-refractivity contribution in [3.8, 4) is 0 Å². The molecule has 1 heterocycles. The van der Waals surface area contributed by atoms with Crippen LogP contribution in [-0.2, 0) is 13.1 Å². The van der Waals surface area contributed by atoms with Crippen LogP contribution in [0.4, 0.5) is 5.82 Å². The summed E-state index contributed by atoms with van der Waals surface area (Å²) in [5.74, 6) is 0.951. The van der Waals surface area contributed by atoms with Crippen LogP contribution in [0.1, 0.15) is 16.7 Å². The third-order valence-corrected chi connectivity index (χ3v) is 4.15. The first kappa shape index (κ1) is 14.0. The lowest BCUT2D eigenvalue weighted by Crippen LogP contribution is -2.20. The highest BCUT2D eigenvalue weighted by Gasteiger charge is 2.11. The van der Waals surface area contributed by atoms with E-state index in [2.05, 4.69) is 44.9 Å². The molecule has 0 atom stereocenters. The van der Waals surface area contributed by atoms with Crippen LogP contribution < -0.4 is 10.6 Å². The molecule has 2 rings (SSSR count). The van der Waals surface area contributed by atoms with Gasteiger partial charge in [-0.25, -0.2) is 4.98 Å². The SMILES string of the molecule is Cc1ccnc(N(C)Cc2ccccc2CN)c1Br. The van der Waals surface area contributed by atoms with E-state index < -0.39 is 0 Å². The van der Waals surface area contributed by atoms with Gasteiger partial charge in [0.25, 0.3) is 0 Å². The molecular weight excluding hydrogens is 302 g/mol. The number of aromatic nitrogens is 1. The summed E-state index contributed by atoms with van der Waals surface area (Å²) in [6.07, 6.45) is 1.83. The first-order valence-electron chi connectivity index (χ1n) is 6.22. The average molecular weight is 320 g/mol. The van der Waals surface area contributed by atoms with Crippen LogP contribution in [0.25, 0.3) is 0 Å². The Morgan fingerprint density at radius 1 is 1.21 bits per heavy atom. The van der Waals surface area contributed by atoms with Crippen molar-refractivity contribution in [1.82, 2.24) is 4.98 Å². The Hall–Kier alpha value is -1.39. The molecule has 0 amide bonds. The predicted octanol–water partition coefficient (Wildman–Crippen LogP) is 3.25. The lowest BCUT2D eigenvalue weighted by atomic mass is 10.1. The number of pyridine rings is 1. The number of aryl methyl sites for hydroxylation is 1. The minimum absolute atomic E-state index is 0.562. The summed E-state index contributed by atoms with van der Waals surface area (Å²) >= 11 is 3.60. The number of nitrogens with zero attached hydrogens (tertiary/aromatic N) is 2. The second-order valence-electron chi connectivity index (χ2n) is 4.59. The molecule has 4 heteroatoms. The summed E-state index contributed by atoms with van der Waals surface area (Å²) < 4.78 is 1.04. The van der Waals surface area contributed by atoms with E-state index in [0.717, 1.165) is 16.8 Å². The first-order chi connectivity index (χ1) is 9.13. The molecule has 0 aliphatic heterocycles. The molecular formula is C15H18BrN3. The Kier molecular flexibility index (Phi) is 4.56. The molecule has 0 spiro atoms. The Morgan fingerprint density at radius 2 is 1.89 bits per heavy atom. The normalized spacial score (nSPS) is 10.5. The van der Waals surface area contributed by atoms with Crippen LogP contribution in [0.15, 0.2) is 41.0 Å². The first-order valence-corrected chi connectivity index (χ1v) is 7.02. The maximum Gasteiger partial charge on any atom is 0.143 e. The second-order valence-corrected chi connectivity index (χ2v) is 5.39. The zero-order valence-corrected chi connectivity index (χ0v) is 12.8. The van der Waals surface area contributed by atoms with E-state index in [-0.39, 0.29) is 0 Å². The zero-order chi connectivity index (χ0) is 13.8. The van der Waals surface area contributed by atoms with E-state index in [1.165, 1.54) is 16.7 Å². The van der Waals surface area contributed by atoms with Gasteiger partial charge in [0, 0.05) is 26.3 Å². The van der Waals surface area contributed by atoms with Crippen LogP contribution >= 0.6 is 15.9 Å². The van der Waals surface area contributed by atoms with E-state index in [0.29, 0.717) is 6.54 Å². The average Bonchev–Trinajstić information content (AvgIpc) is 2.42. The number of hydrogen-bond donors (Lipinski definition) is 1. The Bertz CT molecular complexity index is 569. The highest BCUT2D eigenvalue weighted by atomic mass is 79.9. The van der Waals surface area contributed by atoms with Crippen LogP contribution in [0, 0.1) is 6.92 Å². The molecule has 0 fully saturated rings. The van der Waals surface area contributed by atoms with E-state index in [1.807, 2.05) is 31.4 Å². The Balaban J connectivity index is 2.26. The van der Waals surface area contributed by atoms with E-state index in [4.69, 9.17) is 5.73 Å². The summed E-state index contributed by atoms with van der Waals surface area (Å²) in [7, 11) is 2.04. The van der Waals surface area contributed by atoms with Gasteiger partial charge in [0.05, 0.1) is 4.47 Å². The molecule has 0 saturated carbocycles. The summed E-state index contributed by atoms with van der Waals surface area (Å²) in [6, 6.07) is 10.2. The minimum Gasteiger partial charge on any atom is -0.354 e. The Labute approximate surface area is 122 Å². The topological polar surface area (TPSA) is 42.2 Å². The van der Waals surface area contributed by atoms with Crippen LogP contribution in [0.3, 0.4) is 0 Å². The van der Waals surface area contributed by atoms with Crippen molar-refractivity contribution < 1.29 is 0 Å². The van der Waals surface area contributed by atoms with Gasteiger partial charge in [0.1, 0.15) is 5.82 Å². The zero-order valence-electron chi connectivity index (χ0n) is 11.2. The molecule has 0 radical (unpaired) electrons. The molecule has 2 aromatic rings. The highest BCUT2D eigenvalue weighted by molar-refractivity contribution is 9.10. The van der Waals surface area contributed by atoms with Crippen molar-refractivity contribution in [2.75, 3.05) is 11.9 Å². The van der Waals surface area contributed by atoms with Crippen molar-refractivity contribution in [1.29, 1.82) is 0 Å². The van der Waals surface area contributed by atoms with Gasteiger partial charge in [0.2, 0.25) is 0 Å². The molecule has 1 aromatic carbocycles. The standard InChI is InChI=1S/C15H18BrN3/c1-11-7-8-18-15(14(11)16)19(2)10-13-6-4-3-5-12(13)9-17/h3-8H,9-10,17H2,1-2H3. The fourth-order valence-corrected chi connectivity index (χ4v) is 2.57. The fraction of sp³-hybridized carbons (Fsp3) is 0.267. The number of halogens is 1. The molecule has 0 bridgehead atoms. The summed E-state index contributed by atoms with van der Waals surface area (Å²) in [6.45, 7) is 3.42. The number of nitrogens with two attached hydrogens (primary N) is 1. The predicted molar refractivity (Wildman–Crippen MR) is 83.1 cm³/mol. The monoisotopic (exact) mass is 319 g/mol. The maximum absolute atomic E-state index is 5.78. The van der Waals surface area contributed by atoms with Gasteiger partial charge in [-0.3, -0.25) is 0 Å². The van der Waals surface area contributed by atoms with Gasteiger partial charge in [0.15, 0.2) is 0 Å². The largest absolute Gasteiger partial charge is 0.354 e. The quantitative estimate of drug-likeness (QED) is 0.940. The van der Waals surface area contributed by atoms with E-state index >= 15 is 0 Å². The van der Waals surface area contributed by atoms with Crippen molar-refractivity contribution in [3.05, 3.63) is 57.7 Å². The lowest BCUT2D eigenvalue weighted by molar-refractivity contribution is 0.871. The maximum atomic E-state index is 5.78. The Morgan fingerprint density at radius 3 is 2.58 bits per heavy atom. The third-order valence-electron chi connectivity index (χ3n) is 3.17. The van der Waals surface area contributed by atoms with Crippen LogP contribution in [0.5, 0.6) is 0 Å². The van der Waals surface area contributed by atoms with Gasteiger partial charge < -0.3 is 10.6 Å². The molecule has 0 saturated heterocycles. The van der Waals surface area contributed by atoms with Gasteiger partial charge in [-0.1, -0.05) is 24.3 Å². The van der Waals surface area contributed by atoms with Crippen LogP contribution in [0.2, 0.25) is 0 Å². The number of benzene rings is 1. The van der Waals surface area contributed by atoms with Crippen molar-refractivity contribution in [3.63, 3.8) is 0 Å². The molecule has 0 aliphatic rings. The number of hydrogen-bond acceptors (Lipinski definition) is 3. The molecule has 2 N–H and O–H groups in total. The molecule has 3 nitrogen and oxygen atoms in total.